The number of aromatic nitrogens is 2. The fourth-order valence-corrected chi connectivity index (χ4v) is 4.73. The van der Waals surface area contributed by atoms with Gasteiger partial charge in [-0.25, -0.2) is 8.78 Å². The normalized spacial score (nSPS) is 14.6. The van der Waals surface area contributed by atoms with Crippen LogP contribution >= 0.6 is 0 Å². The number of benzene rings is 2. The van der Waals surface area contributed by atoms with Gasteiger partial charge in [0.2, 0.25) is 0 Å². The third-order valence-corrected chi connectivity index (χ3v) is 6.73. The van der Waals surface area contributed by atoms with Gasteiger partial charge in [0.1, 0.15) is 0 Å². The smallest absolute Gasteiger partial charge is 0.255 e. The molecule has 194 valence electrons. The molecule has 0 fully saturated rings. The summed E-state index contributed by atoms with van der Waals surface area (Å²) >= 11 is 0. The van der Waals surface area contributed by atoms with Crippen molar-refractivity contribution in [2.45, 2.75) is 38.6 Å². The molecule has 2 aromatic carbocycles. The highest BCUT2D eigenvalue weighted by Gasteiger charge is 2.25. The number of aliphatic hydroxyl groups excluding tert-OH is 1. The molecule has 0 saturated carbocycles. The number of Topliss-reactive ketones (excluding diaryl/α,β-unsaturated/α-hetero) is 1. The van der Waals surface area contributed by atoms with E-state index in [0.717, 1.165) is 48.1 Å². The van der Waals surface area contributed by atoms with Gasteiger partial charge >= 0.3 is 0 Å². The van der Waals surface area contributed by atoms with Crippen LogP contribution in [0, 0.1) is 11.6 Å². The third-order valence-electron chi connectivity index (χ3n) is 6.73. The van der Waals surface area contributed by atoms with Crippen molar-refractivity contribution in [3.05, 3.63) is 112 Å². The number of amides is 1. The number of aliphatic hydroxyl groups is 1. The molecule has 0 bridgehead atoms. The van der Waals surface area contributed by atoms with Gasteiger partial charge in [-0.3, -0.25) is 14.3 Å². The lowest BCUT2D eigenvalue weighted by Crippen LogP contribution is -2.18. The minimum absolute atomic E-state index is 0.0249. The number of anilines is 1. The Hall–Kier alpha value is -4.17. The first-order chi connectivity index (χ1) is 18.4. The zero-order valence-electron chi connectivity index (χ0n) is 20.7. The van der Waals surface area contributed by atoms with Gasteiger partial charge in [-0.05, 0) is 71.7 Å². The molecule has 2 aliphatic carbocycles. The monoisotopic (exact) mass is 515 g/mol. The van der Waals surface area contributed by atoms with Crippen molar-refractivity contribution in [3.8, 4) is 0 Å². The average molecular weight is 516 g/mol. The van der Waals surface area contributed by atoms with Gasteiger partial charge in [-0.2, -0.15) is 5.10 Å². The second-order valence-electron chi connectivity index (χ2n) is 9.53. The Labute approximate surface area is 219 Å². The van der Waals surface area contributed by atoms with Gasteiger partial charge in [-0.1, -0.05) is 36.4 Å². The highest BCUT2D eigenvalue weighted by atomic mass is 19.2. The molecule has 1 amide bonds. The van der Waals surface area contributed by atoms with Crippen LogP contribution in [-0.4, -0.2) is 33.2 Å². The Balaban J connectivity index is 1.26. The quantitative estimate of drug-likeness (QED) is 0.396. The van der Waals surface area contributed by atoms with Gasteiger partial charge in [0, 0.05) is 30.4 Å². The number of nitrogens with one attached hydrogen (secondary N) is 1. The highest BCUT2D eigenvalue weighted by Crippen LogP contribution is 2.33. The molecule has 0 unspecified atom stereocenters. The molecule has 8 heteroatoms. The van der Waals surface area contributed by atoms with Crippen molar-refractivity contribution in [2.24, 2.45) is 0 Å². The van der Waals surface area contributed by atoms with Crippen molar-refractivity contribution in [2.75, 3.05) is 11.9 Å². The summed E-state index contributed by atoms with van der Waals surface area (Å²) in [5.41, 5.74) is 6.26. The lowest BCUT2D eigenvalue weighted by atomic mass is 9.91. The van der Waals surface area contributed by atoms with Crippen LogP contribution in [0.1, 0.15) is 41.5 Å². The zero-order chi connectivity index (χ0) is 26.6. The molecule has 0 aliphatic heterocycles. The van der Waals surface area contributed by atoms with E-state index in [4.69, 9.17) is 5.11 Å². The van der Waals surface area contributed by atoms with Crippen molar-refractivity contribution in [1.29, 1.82) is 0 Å². The average Bonchev–Trinajstić information content (AvgIpc) is 3.53. The largest absolute Gasteiger partial charge is 0.396 e. The Morgan fingerprint density at radius 1 is 1.05 bits per heavy atom. The third kappa shape index (κ3) is 5.70. The molecule has 38 heavy (non-hydrogen) atoms. The number of unbranched alkanes of at least 4 members (excludes halogenated alkanes) is 1. The number of aryl methyl sites for hydroxylation is 1. The van der Waals surface area contributed by atoms with E-state index in [1.807, 2.05) is 6.08 Å². The minimum atomic E-state index is -0.927. The number of hydrogen-bond donors (Lipinski definition) is 2. The van der Waals surface area contributed by atoms with E-state index in [9.17, 15) is 18.4 Å². The van der Waals surface area contributed by atoms with Crippen LogP contribution in [0.3, 0.4) is 0 Å². The van der Waals surface area contributed by atoms with Crippen LogP contribution in [0.2, 0.25) is 0 Å². The van der Waals surface area contributed by atoms with Crippen molar-refractivity contribution in [1.82, 2.24) is 9.78 Å². The van der Waals surface area contributed by atoms with Crippen molar-refractivity contribution < 1.29 is 23.5 Å². The maximum Gasteiger partial charge on any atom is 0.255 e. The summed E-state index contributed by atoms with van der Waals surface area (Å²) < 4.78 is 28.2. The number of allylic oxidation sites excluding steroid dienone is 3. The first kappa shape index (κ1) is 25.5. The van der Waals surface area contributed by atoms with Gasteiger partial charge in [0.25, 0.3) is 5.91 Å². The lowest BCUT2D eigenvalue weighted by molar-refractivity contribution is -0.114. The summed E-state index contributed by atoms with van der Waals surface area (Å²) in [5, 5.41) is 16.0. The number of fused-ring (bicyclic) bond motifs is 1. The SMILES string of the molecule is O=C1CC=C(C(=O)Nc2cnn(Cc3ccc(F)c(F)c3)c2)C=C1C1=Cc2cc(CCCCO)ccc2C1. The Kier molecular flexibility index (Phi) is 7.42. The van der Waals surface area contributed by atoms with Crippen LogP contribution < -0.4 is 5.32 Å². The molecule has 1 aromatic heterocycles. The maximum atomic E-state index is 13.5. The van der Waals surface area contributed by atoms with E-state index >= 15 is 0 Å². The van der Waals surface area contributed by atoms with E-state index in [1.54, 1.807) is 18.3 Å². The topological polar surface area (TPSA) is 84.2 Å². The molecule has 5 rings (SSSR count). The second-order valence-corrected chi connectivity index (χ2v) is 9.53. The molecule has 0 radical (unpaired) electrons. The molecular formula is C30H27F2N3O3. The number of ketones is 1. The number of nitrogens with zero attached hydrogens (tertiary/aromatic N) is 2. The van der Waals surface area contributed by atoms with Crippen LogP contribution in [-0.2, 0) is 29.0 Å². The Morgan fingerprint density at radius 2 is 1.89 bits per heavy atom. The van der Waals surface area contributed by atoms with Crippen molar-refractivity contribution in [3.63, 3.8) is 0 Å². The molecule has 0 atom stereocenters. The first-order valence-electron chi connectivity index (χ1n) is 12.6. The van der Waals surface area contributed by atoms with Crippen LogP contribution in [0.4, 0.5) is 14.5 Å². The fraction of sp³-hybridized carbons (Fsp3) is 0.233. The molecule has 0 saturated heterocycles. The van der Waals surface area contributed by atoms with Gasteiger partial charge in [0.15, 0.2) is 17.4 Å². The number of hydrogen-bond acceptors (Lipinski definition) is 4. The van der Waals surface area contributed by atoms with E-state index < -0.39 is 11.6 Å². The van der Waals surface area contributed by atoms with Crippen LogP contribution in [0.15, 0.2) is 77.7 Å². The fourth-order valence-electron chi connectivity index (χ4n) is 4.73. The summed E-state index contributed by atoms with van der Waals surface area (Å²) in [6.45, 7) is 0.403. The summed E-state index contributed by atoms with van der Waals surface area (Å²) in [7, 11) is 0. The van der Waals surface area contributed by atoms with Gasteiger partial charge in [0.05, 0.1) is 18.4 Å². The molecule has 0 spiro atoms. The van der Waals surface area contributed by atoms with Crippen LogP contribution in [0.5, 0.6) is 0 Å². The summed E-state index contributed by atoms with van der Waals surface area (Å²) in [4.78, 5) is 25.7. The summed E-state index contributed by atoms with van der Waals surface area (Å²) in [6.07, 6.45) is 11.7. The predicted molar refractivity (Wildman–Crippen MR) is 140 cm³/mol. The first-order valence-corrected chi connectivity index (χ1v) is 12.6. The molecule has 3 aromatic rings. The number of carbonyl (C=O) groups excluding carboxylic acids is 2. The minimum Gasteiger partial charge on any atom is -0.396 e. The number of rotatable bonds is 9. The molecule has 6 nitrogen and oxygen atoms in total. The van der Waals surface area contributed by atoms with E-state index in [0.29, 0.717) is 28.8 Å². The molecule has 2 aliphatic rings. The molecule has 1 heterocycles. The zero-order valence-corrected chi connectivity index (χ0v) is 20.7. The maximum absolute atomic E-state index is 13.5. The Morgan fingerprint density at radius 3 is 2.71 bits per heavy atom. The molecular weight excluding hydrogens is 488 g/mol. The van der Waals surface area contributed by atoms with Crippen LogP contribution in [0.25, 0.3) is 6.08 Å². The predicted octanol–water partition coefficient (Wildman–Crippen LogP) is 4.93. The summed E-state index contributed by atoms with van der Waals surface area (Å²) in [5.74, 6) is -2.22. The second kappa shape index (κ2) is 11.1. The van der Waals surface area contributed by atoms with E-state index in [1.165, 1.54) is 22.5 Å². The number of carbonyl (C=O) groups is 2. The van der Waals surface area contributed by atoms with Gasteiger partial charge in [-0.15, -0.1) is 0 Å². The highest BCUT2D eigenvalue weighted by molar-refractivity contribution is 6.12. The number of halogens is 2. The van der Waals surface area contributed by atoms with E-state index in [-0.39, 0.29) is 31.3 Å². The molecule has 2 N–H and O–H groups in total. The summed E-state index contributed by atoms with van der Waals surface area (Å²) in [6, 6.07) is 9.96. The lowest BCUT2D eigenvalue weighted by Gasteiger charge is -2.14. The standard InChI is InChI=1S/C30H27F2N3O3/c31-27-8-5-20(12-28(27)32)17-35-18-25(16-33-35)34-30(38)22-7-9-29(37)26(15-22)24-13-21-6-4-19(3-1-2-10-36)11-23(21)14-24/h4-8,11-12,14-16,18,36H,1-3,9-10,13,17H2,(H,34,38). The van der Waals surface area contributed by atoms with Gasteiger partial charge < -0.3 is 10.4 Å². The van der Waals surface area contributed by atoms with E-state index in [2.05, 4.69) is 28.6 Å². The Bertz CT molecular complexity index is 1500. The van der Waals surface area contributed by atoms with Crippen molar-refractivity contribution >= 4 is 23.5 Å².